The molecule has 1 saturated carbocycles. The van der Waals surface area contributed by atoms with Gasteiger partial charge in [-0.2, -0.15) is 0 Å². The van der Waals surface area contributed by atoms with Crippen LogP contribution in [0.1, 0.15) is 24.0 Å². The highest BCUT2D eigenvalue weighted by atomic mass is 19.1. The molecule has 0 saturated heterocycles. The van der Waals surface area contributed by atoms with Gasteiger partial charge < -0.3 is 21.1 Å². The number of hydrogen-bond acceptors (Lipinski definition) is 3. The van der Waals surface area contributed by atoms with E-state index in [0.29, 0.717) is 30.5 Å². The molecule has 0 atom stereocenters. The Balaban J connectivity index is 1.48. The van der Waals surface area contributed by atoms with Crippen LogP contribution in [0.3, 0.4) is 0 Å². The molecule has 3 rings (SSSR count). The fourth-order valence-corrected chi connectivity index (χ4v) is 2.33. The van der Waals surface area contributed by atoms with Gasteiger partial charge in [0, 0.05) is 12.7 Å². The van der Waals surface area contributed by atoms with Gasteiger partial charge in [0.15, 0.2) is 0 Å². The molecule has 6 heteroatoms. The molecule has 136 valence electrons. The lowest BCUT2D eigenvalue weighted by atomic mass is 10.1. The van der Waals surface area contributed by atoms with Gasteiger partial charge in [0.25, 0.3) is 0 Å². The Morgan fingerprint density at radius 1 is 1.15 bits per heavy atom. The van der Waals surface area contributed by atoms with E-state index in [1.54, 1.807) is 24.3 Å². The van der Waals surface area contributed by atoms with Gasteiger partial charge in [0.05, 0.1) is 5.70 Å². The van der Waals surface area contributed by atoms with Crippen LogP contribution in [0.25, 0.3) is 5.70 Å². The molecule has 1 fully saturated rings. The molecule has 26 heavy (non-hydrogen) atoms. The van der Waals surface area contributed by atoms with Gasteiger partial charge in [-0.1, -0.05) is 12.1 Å². The van der Waals surface area contributed by atoms with Crippen LogP contribution in [0, 0.1) is 11.7 Å². The van der Waals surface area contributed by atoms with E-state index in [1.807, 2.05) is 12.1 Å². The monoisotopic (exact) mass is 355 g/mol. The van der Waals surface area contributed by atoms with Crippen LogP contribution in [0.2, 0.25) is 0 Å². The number of nitrogens with two attached hydrogens (primary N) is 1. The number of carbonyl (C=O) groups excluding carboxylic acids is 1. The first kappa shape index (κ1) is 17.8. The van der Waals surface area contributed by atoms with Crippen molar-refractivity contribution in [2.24, 2.45) is 11.7 Å². The fourth-order valence-electron chi connectivity index (χ4n) is 2.33. The third-order valence-electron chi connectivity index (χ3n) is 4.11. The Labute approximate surface area is 152 Å². The lowest BCUT2D eigenvalue weighted by Crippen LogP contribution is -2.34. The highest BCUT2D eigenvalue weighted by Crippen LogP contribution is 2.27. The fraction of sp³-hybridized carbons (Fsp3) is 0.250. The van der Waals surface area contributed by atoms with E-state index in [-0.39, 0.29) is 11.8 Å². The normalized spacial score (nSPS) is 14.0. The number of hydrogen-bond donors (Lipinski definition) is 3. The Bertz CT molecular complexity index is 769. The molecule has 0 radical (unpaired) electrons. The van der Waals surface area contributed by atoms with Crippen LogP contribution >= 0.6 is 0 Å². The van der Waals surface area contributed by atoms with Crippen LogP contribution in [0.15, 0.2) is 54.7 Å². The van der Waals surface area contributed by atoms with Crippen molar-refractivity contribution in [3.05, 3.63) is 71.7 Å². The molecule has 1 aliphatic carbocycles. The summed E-state index contributed by atoms with van der Waals surface area (Å²) in [5.74, 6) is 1.04. The first-order chi connectivity index (χ1) is 12.6. The molecular weight excluding hydrogens is 333 g/mol. The molecule has 0 bridgehead atoms. The molecule has 5 nitrogen and oxygen atoms in total. The predicted molar refractivity (Wildman–Crippen MR) is 98.6 cm³/mol. The molecule has 4 N–H and O–H groups in total. The number of rotatable bonds is 7. The Morgan fingerprint density at radius 2 is 1.85 bits per heavy atom. The molecule has 2 amide bonds. The Morgan fingerprint density at radius 3 is 2.50 bits per heavy atom. The van der Waals surface area contributed by atoms with E-state index in [2.05, 4.69) is 10.6 Å². The van der Waals surface area contributed by atoms with Crippen molar-refractivity contribution in [1.82, 2.24) is 10.6 Å². The van der Waals surface area contributed by atoms with Crippen LogP contribution < -0.4 is 21.1 Å². The predicted octanol–water partition coefficient (Wildman–Crippen LogP) is 3.37. The minimum Gasteiger partial charge on any atom is -0.489 e. The average molecular weight is 355 g/mol. The second kappa shape index (κ2) is 8.38. The Hall–Kier alpha value is -3.02. The van der Waals surface area contributed by atoms with Gasteiger partial charge in [-0.25, -0.2) is 9.18 Å². The van der Waals surface area contributed by atoms with E-state index in [4.69, 9.17) is 10.5 Å². The number of nitrogens with one attached hydrogen (secondary N) is 2. The molecule has 0 spiro atoms. The molecule has 1 aliphatic rings. The molecular formula is C20H22FN3O2. The second-order valence-electron chi connectivity index (χ2n) is 6.34. The zero-order chi connectivity index (χ0) is 18.4. The van der Waals surface area contributed by atoms with Gasteiger partial charge in [-0.15, -0.1) is 0 Å². The summed E-state index contributed by atoms with van der Waals surface area (Å²) >= 11 is 0. The number of ether oxygens (including phenoxy) is 1. The molecule has 2 aromatic carbocycles. The summed E-state index contributed by atoms with van der Waals surface area (Å²) in [4.78, 5) is 11.6. The lowest BCUT2D eigenvalue weighted by Gasteiger charge is -2.08. The van der Waals surface area contributed by atoms with Crippen molar-refractivity contribution in [2.75, 3.05) is 6.54 Å². The van der Waals surface area contributed by atoms with Crippen molar-refractivity contribution in [1.29, 1.82) is 0 Å². The summed E-state index contributed by atoms with van der Waals surface area (Å²) in [5.41, 5.74) is 8.10. The van der Waals surface area contributed by atoms with Crippen LogP contribution in [0.5, 0.6) is 5.75 Å². The minimum atomic E-state index is -0.268. The summed E-state index contributed by atoms with van der Waals surface area (Å²) in [7, 11) is 0. The van der Waals surface area contributed by atoms with Gasteiger partial charge in [-0.05, 0) is 66.3 Å². The lowest BCUT2D eigenvalue weighted by molar-refractivity contribution is 0.243. The second-order valence-corrected chi connectivity index (χ2v) is 6.34. The van der Waals surface area contributed by atoms with Gasteiger partial charge in [-0.3, -0.25) is 0 Å². The van der Waals surface area contributed by atoms with Gasteiger partial charge >= 0.3 is 6.03 Å². The zero-order valence-corrected chi connectivity index (χ0v) is 14.4. The minimum absolute atomic E-state index is 0.251. The number of halogens is 1. The maximum Gasteiger partial charge on any atom is 0.318 e. The smallest absolute Gasteiger partial charge is 0.318 e. The van der Waals surface area contributed by atoms with E-state index in [1.165, 1.54) is 31.2 Å². The number of benzene rings is 2. The van der Waals surface area contributed by atoms with Crippen molar-refractivity contribution in [3.63, 3.8) is 0 Å². The summed E-state index contributed by atoms with van der Waals surface area (Å²) in [6.45, 7) is 1.06. The summed E-state index contributed by atoms with van der Waals surface area (Å²) in [6.07, 6.45) is 3.86. The molecule has 0 heterocycles. The van der Waals surface area contributed by atoms with Crippen LogP contribution in [0.4, 0.5) is 9.18 Å². The highest BCUT2D eigenvalue weighted by Gasteiger charge is 2.21. The van der Waals surface area contributed by atoms with Crippen LogP contribution in [-0.2, 0) is 6.61 Å². The molecule has 0 aromatic heterocycles. The van der Waals surface area contributed by atoms with Crippen molar-refractivity contribution in [2.45, 2.75) is 19.4 Å². The number of amides is 2. The summed E-state index contributed by atoms with van der Waals surface area (Å²) < 4.78 is 18.5. The Kier molecular flexibility index (Phi) is 5.73. The third-order valence-corrected chi connectivity index (χ3v) is 4.11. The first-order valence-corrected chi connectivity index (χ1v) is 8.58. The van der Waals surface area contributed by atoms with E-state index >= 15 is 0 Å². The summed E-state index contributed by atoms with van der Waals surface area (Å²) in [5, 5.41) is 5.43. The largest absolute Gasteiger partial charge is 0.489 e. The first-order valence-electron chi connectivity index (χ1n) is 8.58. The van der Waals surface area contributed by atoms with Crippen molar-refractivity contribution in [3.8, 4) is 5.75 Å². The SMILES string of the molecule is N/C(=C\NC(=O)NCC1CC1)c1ccc(OCc2ccc(F)cc2)cc1. The molecule has 2 aromatic rings. The molecule has 0 aliphatic heterocycles. The molecule has 0 unspecified atom stereocenters. The summed E-state index contributed by atoms with van der Waals surface area (Å²) in [6, 6.07) is 13.2. The average Bonchev–Trinajstić information content (AvgIpc) is 3.49. The quantitative estimate of drug-likeness (QED) is 0.713. The van der Waals surface area contributed by atoms with Crippen LogP contribution in [-0.4, -0.2) is 12.6 Å². The highest BCUT2D eigenvalue weighted by molar-refractivity contribution is 5.77. The maximum absolute atomic E-state index is 12.9. The van der Waals surface area contributed by atoms with Crippen molar-refractivity contribution >= 4 is 11.7 Å². The topological polar surface area (TPSA) is 76.4 Å². The van der Waals surface area contributed by atoms with Gasteiger partial charge in [0.2, 0.25) is 0 Å². The maximum atomic E-state index is 12.9. The standard InChI is InChI=1S/C20H22FN3O2/c21-17-7-3-15(4-8-17)13-26-18-9-5-16(6-10-18)19(22)12-24-20(25)23-11-14-1-2-14/h3-10,12,14H,1-2,11,13,22H2,(H2,23,24,25)/b19-12-. The van der Waals surface area contributed by atoms with Gasteiger partial charge in [0.1, 0.15) is 18.2 Å². The van der Waals surface area contributed by atoms with E-state index < -0.39 is 0 Å². The zero-order valence-electron chi connectivity index (χ0n) is 14.4. The van der Waals surface area contributed by atoms with Crippen molar-refractivity contribution < 1.29 is 13.9 Å². The van der Waals surface area contributed by atoms with E-state index in [0.717, 1.165) is 11.1 Å². The van der Waals surface area contributed by atoms with E-state index in [9.17, 15) is 9.18 Å². The third kappa shape index (κ3) is 5.51. The number of urea groups is 1. The number of carbonyl (C=O) groups is 1.